The minimum atomic E-state index is 0.909. The molecule has 0 aromatic heterocycles. The Hall–Kier alpha value is -7.50. The first kappa shape index (κ1) is 38.2. The van der Waals surface area contributed by atoms with E-state index in [9.17, 15) is 0 Å². The van der Waals surface area contributed by atoms with Gasteiger partial charge in [-0.2, -0.15) is 0 Å². The van der Waals surface area contributed by atoms with Crippen molar-refractivity contribution in [1.82, 2.24) is 0 Å². The molecule has 1 aliphatic rings. The summed E-state index contributed by atoms with van der Waals surface area (Å²) < 4.78 is 0. The van der Waals surface area contributed by atoms with Crippen LogP contribution in [-0.2, 0) is 0 Å². The zero-order valence-corrected chi connectivity index (χ0v) is 36.5. The second kappa shape index (κ2) is 16.0. The molecule has 0 saturated heterocycles. The highest BCUT2D eigenvalue weighted by molar-refractivity contribution is 7.99. The third kappa shape index (κ3) is 6.62. The van der Waals surface area contributed by atoms with Gasteiger partial charge in [-0.05, 0) is 151 Å². The van der Waals surface area contributed by atoms with Crippen molar-refractivity contribution in [2.75, 3.05) is 9.80 Å². The molecule has 12 rings (SSSR count). The molecule has 0 atom stereocenters. The van der Waals surface area contributed by atoms with Gasteiger partial charge in [0, 0.05) is 31.7 Å². The molecule has 2 nitrogen and oxygen atoms in total. The number of fused-ring (bicyclic) bond motifs is 5. The molecule has 0 unspecified atom stereocenters. The van der Waals surface area contributed by atoms with Crippen molar-refractivity contribution >= 4 is 90.8 Å². The summed E-state index contributed by atoms with van der Waals surface area (Å²) in [5.41, 5.74) is 13.8. The zero-order valence-electron chi connectivity index (χ0n) is 34.8. The van der Waals surface area contributed by atoms with Crippen LogP contribution in [0.1, 0.15) is 0 Å². The maximum Gasteiger partial charge on any atom is 0.0601 e. The van der Waals surface area contributed by atoms with E-state index in [-0.39, 0.29) is 0 Å². The average molecular weight is 853 g/mol. The number of nitrogens with zero attached hydrogens (tertiary/aromatic N) is 2. The van der Waals surface area contributed by atoms with Gasteiger partial charge in [-0.15, -0.1) is 12.6 Å². The maximum atomic E-state index is 5.01. The molecule has 11 aromatic rings. The lowest BCUT2D eigenvalue weighted by Gasteiger charge is -2.33. The van der Waals surface area contributed by atoms with Crippen LogP contribution in [-0.4, -0.2) is 0 Å². The first-order valence-electron chi connectivity index (χ1n) is 21.6. The average Bonchev–Trinajstić information content (AvgIpc) is 3.36. The highest BCUT2D eigenvalue weighted by atomic mass is 32.2. The topological polar surface area (TPSA) is 6.48 Å². The minimum Gasteiger partial charge on any atom is -0.309 e. The van der Waals surface area contributed by atoms with Crippen molar-refractivity contribution < 1.29 is 0 Å². The smallest absolute Gasteiger partial charge is 0.0601 e. The maximum absolute atomic E-state index is 5.01. The van der Waals surface area contributed by atoms with Crippen LogP contribution in [0.15, 0.2) is 251 Å². The Morgan fingerprint density at radius 1 is 0.359 bits per heavy atom. The van der Waals surface area contributed by atoms with E-state index in [0.29, 0.717) is 0 Å². The highest BCUT2D eigenvalue weighted by Crippen LogP contribution is 2.53. The second-order valence-electron chi connectivity index (χ2n) is 16.3. The van der Waals surface area contributed by atoms with Crippen LogP contribution in [0, 0.1) is 0 Å². The SMILES string of the molecule is Sc1ccccc1N(c1ccccc1)c1ccc2c(-c3ccccc3)c3cc(N4c5ccccc5Sc5ccccc54)ccc3c(-c3ccc4cc(-c5ccccc5)ccc4c3)c2c1. The summed E-state index contributed by atoms with van der Waals surface area (Å²) in [6, 6.07) is 86.0. The Morgan fingerprint density at radius 2 is 0.891 bits per heavy atom. The molecule has 11 aromatic carbocycles. The van der Waals surface area contributed by atoms with E-state index in [2.05, 4.69) is 240 Å². The van der Waals surface area contributed by atoms with Gasteiger partial charge in [0.2, 0.25) is 0 Å². The fraction of sp³-hybridized carbons (Fsp3) is 0. The Morgan fingerprint density at radius 3 is 1.58 bits per heavy atom. The van der Waals surface area contributed by atoms with Gasteiger partial charge in [0.25, 0.3) is 0 Å². The fourth-order valence-electron chi connectivity index (χ4n) is 9.56. The minimum absolute atomic E-state index is 0.909. The summed E-state index contributed by atoms with van der Waals surface area (Å²) in [6.45, 7) is 0. The summed E-state index contributed by atoms with van der Waals surface area (Å²) in [6.07, 6.45) is 0. The van der Waals surface area contributed by atoms with E-state index in [1.165, 1.54) is 86.9 Å². The van der Waals surface area contributed by atoms with E-state index in [0.717, 1.165) is 27.6 Å². The van der Waals surface area contributed by atoms with Crippen LogP contribution in [0.2, 0.25) is 0 Å². The van der Waals surface area contributed by atoms with Crippen LogP contribution >= 0.6 is 24.4 Å². The predicted molar refractivity (Wildman–Crippen MR) is 276 cm³/mol. The van der Waals surface area contributed by atoms with Gasteiger partial charge < -0.3 is 9.80 Å². The summed E-state index contributed by atoms with van der Waals surface area (Å²) in [7, 11) is 0. The van der Waals surface area contributed by atoms with E-state index in [1.807, 2.05) is 17.8 Å². The molecular formula is C60H40N2S2. The van der Waals surface area contributed by atoms with Crippen LogP contribution in [0.5, 0.6) is 0 Å². The number of rotatable bonds is 7. The summed E-state index contributed by atoms with van der Waals surface area (Å²) in [5.74, 6) is 0. The Balaban J connectivity index is 1.16. The largest absolute Gasteiger partial charge is 0.309 e. The number of hydrogen-bond acceptors (Lipinski definition) is 4. The van der Waals surface area contributed by atoms with Gasteiger partial charge in [-0.3, -0.25) is 0 Å². The molecule has 0 N–H and O–H groups in total. The molecule has 0 aliphatic carbocycles. The molecule has 64 heavy (non-hydrogen) atoms. The number of benzene rings is 11. The third-order valence-electron chi connectivity index (χ3n) is 12.5. The van der Waals surface area contributed by atoms with Crippen molar-refractivity contribution in [3.8, 4) is 33.4 Å². The Kier molecular flexibility index (Phi) is 9.55. The van der Waals surface area contributed by atoms with Crippen LogP contribution in [0.25, 0.3) is 65.7 Å². The van der Waals surface area contributed by atoms with Crippen molar-refractivity contribution in [2.45, 2.75) is 14.7 Å². The molecule has 1 heterocycles. The van der Waals surface area contributed by atoms with E-state index < -0.39 is 0 Å². The van der Waals surface area contributed by atoms with Crippen molar-refractivity contribution in [3.05, 3.63) is 237 Å². The first-order chi connectivity index (χ1) is 31.7. The standard InChI is InChI=1S/C60H40N2S2/c63-56-25-13-10-22-53(56)61(46-20-8-3-9-21-46)47-32-34-49-52(38-47)60(45-31-30-43-36-42(28-29-44(43)37-45)40-16-4-1-5-17-40)50-35-33-48(39-51(50)59(49)41-18-6-2-7-19-41)62-54-23-11-14-26-57(54)64-58-27-15-12-24-55(58)62/h1-39,63H. The summed E-state index contributed by atoms with van der Waals surface area (Å²) in [5, 5.41) is 7.18. The lowest BCUT2D eigenvalue weighted by atomic mass is 9.85. The quantitative estimate of drug-likeness (QED) is 0.126. The van der Waals surface area contributed by atoms with Crippen molar-refractivity contribution in [3.63, 3.8) is 0 Å². The van der Waals surface area contributed by atoms with E-state index in [1.54, 1.807) is 0 Å². The zero-order chi connectivity index (χ0) is 42.6. The first-order valence-corrected chi connectivity index (χ1v) is 22.9. The lowest BCUT2D eigenvalue weighted by molar-refractivity contribution is 1.17. The van der Waals surface area contributed by atoms with Gasteiger partial charge in [-0.25, -0.2) is 0 Å². The molecule has 0 amide bonds. The summed E-state index contributed by atoms with van der Waals surface area (Å²) >= 11 is 6.84. The molecule has 0 radical (unpaired) electrons. The molecule has 0 fully saturated rings. The van der Waals surface area contributed by atoms with Crippen molar-refractivity contribution in [2.24, 2.45) is 0 Å². The van der Waals surface area contributed by atoms with Gasteiger partial charge >= 0.3 is 0 Å². The van der Waals surface area contributed by atoms with Crippen LogP contribution in [0.3, 0.4) is 0 Å². The molecule has 0 spiro atoms. The molecule has 302 valence electrons. The third-order valence-corrected chi connectivity index (χ3v) is 14.0. The Labute approximate surface area is 383 Å². The van der Waals surface area contributed by atoms with Crippen LogP contribution in [0.4, 0.5) is 34.1 Å². The van der Waals surface area contributed by atoms with Crippen LogP contribution < -0.4 is 9.80 Å². The molecule has 0 bridgehead atoms. The number of anilines is 6. The van der Waals surface area contributed by atoms with E-state index in [4.69, 9.17) is 12.6 Å². The molecular weight excluding hydrogens is 813 g/mol. The number of thiol groups is 1. The highest BCUT2D eigenvalue weighted by Gasteiger charge is 2.26. The fourth-order valence-corrected chi connectivity index (χ4v) is 10.9. The van der Waals surface area contributed by atoms with Crippen molar-refractivity contribution in [1.29, 1.82) is 0 Å². The normalized spacial score (nSPS) is 12.0. The number of para-hydroxylation sites is 4. The van der Waals surface area contributed by atoms with Gasteiger partial charge in [0.05, 0.1) is 17.1 Å². The molecule has 0 saturated carbocycles. The molecule has 4 heteroatoms. The van der Waals surface area contributed by atoms with Gasteiger partial charge in [0.15, 0.2) is 0 Å². The van der Waals surface area contributed by atoms with Gasteiger partial charge in [-0.1, -0.05) is 163 Å². The molecule has 1 aliphatic heterocycles. The van der Waals surface area contributed by atoms with E-state index >= 15 is 0 Å². The second-order valence-corrected chi connectivity index (χ2v) is 17.8. The number of hydrogen-bond donors (Lipinski definition) is 1. The van der Waals surface area contributed by atoms with Gasteiger partial charge in [0.1, 0.15) is 0 Å². The predicted octanol–water partition coefficient (Wildman–Crippen LogP) is 17.8. The Bertz CT molecular complexity index is 3510. The summed E-state index contributed by atoms with van der Waals surface area (Å²) in [4.78, 5) is 8.17. The monoisotopic (exact) mass is 852 g/mol. The lowest BCUT2D eigenvalue weighted by Crippen LogP contribution is -2.14.